The average molecular weight is 491 g/mol. The van der Waals surface area contributed by atoms with E-state index in [4.69, 9.17) is 14.7 Å². The molecule has 0 saturated carbocycles. The second-order valence-electron chi connectivity index (χ2n) is 9.45. The Morgan fingerprint density at radius 3 is 2.91 bits per heavy atom. The maximum absolute atomic E-state index is 11.8. The molecule has 1 amide bonds. The fourth-order valence-corrected chi connectivity index (χ4v) is 6.34. The fourth-order valence-electron chi connectivity index (χ4n) is 5.18. The van der Waals surface area contributed by atoms with Crippen molar-refractivity contribution in [3.05, 3.63) is 41.4 Å². The minimum absolute atomic E-state index is 0.133. The highest BCUT2D eigenvalue weighted by atomic mass is 32.1. The van der Waals surface area contributed by atoms with Gasteiger partial charge in [0.2, 0.25) is 5.91 Å². The Labute approximate surface area is 208 Å². The first-order valence-corrected chi connectivity index (χ1v) is 13.0. The van der Waals surface area contributed by atoms with Crippen LogP contribution < -0.4 is 4.90 Å². The van der Waals surface area contributed by atoms with Gasteiger partial charge in [-0.25, -0.2) is 9.97 Å². The molecule has 3 aromatic heterocycles. The second-order valence-corrected chi connectivity index (χ2v) is 10.6. The Morgan fingerprint density at radius 2 is 2.09 bits per heavy atom. The van der Waals surface area contributed by atoms with Crippen LogP contribution in [0.3, 0.4) is 0 Å². The van der Waals surface area contributed by atoms with Crippen molar-refractivity contribution >= 4 is 44.2 Å². The number of likely N-dealkylation sites (N-methyl/N-ethyl adjacent to an activating group) is 1. The van der Waals surface area contributed by atoms with Crippen LogP contribution in [0.2, 0.25) is 0 Å². The number of carbonyl (C=O) groups excluding carboxylic acids is 1. The van der Waals surface area contributed by atoms with E-state index in [1.807, 2.05) is 18.1 Å². The van der Waals surface area contributed by atoms with Gasteiger partial charge >= 0.3 is 0 Å². The number of fused-ring (bicyclic) bond motifs is 2. The number of aromatic amines is 1. The summed E-state index contributed by atoms with van der Waals surface area (Å²) in [4.78, 5) is 33.2. The predicted octanol–water partition coefficient (Wildman–Crippen LogP) is 3.73. The number of amides is 1. The smallest absolute Gasteiger partial charge is 0.219 e. The zero-order valence-electron chi connectivity index (χ0n) is 20.2. The van der Waals surface area contributed by atoms with Crippen molar-refractivity contribution in [1.82, 2.24) is 24.8 Å². The number of nitrogens with zero attached hydrogens (tertiary/aromatic N) is 5. The minimum atomic E-state index is 0.133. The van der Waals surface area contributed by atoms with Crippen LogP contribution >= 0.6 is 11.3 Å². The number of rotatable bonds is 5. The van der Waals surface area contributed by atoms with Crippen LogP contribution in [0, 0.1) is 0 Å². The molecule has 1 N–H and O–H groups in total. The number of carbonyl (C=O) groups is 1. The summed E-state index contributed by atoms with van der Waals surface area (Å²) in [5.74, 6) is 1.90. The van der Waals surface area contributed by atoms with Gasteiger partial charge in [0.05, 0.1) is 23.4 Å². The van der Waals surface area contributed by atoms with Crippen molar-refractivity contribution in [2.24, 2.45) is 0 Å². The van der Waals surface area contributed by atoms with E-state index in [-0.39, 0.29) is 5.91 Å². The van der Waals surface area contributed by atoms with Crippen molar-refractivity contribution in [3.8, 4) is 11.4 Å². The third-order valence-corrected chi connectivity index (χ3v) is 8.33. The third-order valence-electron chi connectivity index (χ3n) is 7.22. The van der Waals surface area contributed by atoms with Crippen molar-refractivity contribution in [2.75, 3.05) is 51.3 Å². The number of H-pyrrole nitrogens is 1. The molecule has 182 valence electrons. The lowest BCUT2D eigenvalue weighted by Gasteiger charge is -2.28. The van der Waals surface area contributed by atoms with Gasteiger partial charge in [0, 0.05) is 80.3 Å². The van der Waals surface area contributed by atoms with E-state index in [1.54, 1.807) is 18.3 Å². The Morgan fingerprint density at radius 1 is 1.23 bits per heavy atom. The topological polar surface area (TPSA) is 77.6 Å². The van der Waals surface area contributed by atoms with Crippen LogP contribution in [-0.2, 0) is 16.1 Å². The monoisotopic (exact) mass is 490 g/mol. The highest BCUT2D eigenvalue weighted by Crippen LogP contribution is 2.36. The van der Waals surface area contributed by atoms with Crippen LogP contribution in [0.25, 0.3) is 32.5 Å². The van der Waals surface area contributed by atoms with Crippen molar-refractivity contribution in [2.45, 2.75) is 25.9 Å². The number of anilines is 1. The summed E-state index contributed by atoms with van der Waals surface area (Å²) in [6.45, 7) is 7.51. The van der Waals surface area contributed by atoms with Crippen molar-refractivity contribution in [1.29, 1.82) is 0 Å². The molecule has 5 heterocycles. The lowest BCUT2D eigenvalue weighted by molar-refractivity contribution is -0.129. The molecule has 2 aliphatic heterocycles. The molecule has 8 nitrogen and oxygen atoms in total. The second kappa shape index (κ2) is 9.22. The van der Waals surface area contributed by atoms with E-state index in [9.17, 15) is 4.79 Å². The molecule has 2 aliphatic rings. The van der Waals surface area contributed by atoms with E-state index in [1.165, 1.54) is 4.88 Å². The number of nitrogens with one attached hydrogen (secondary N) is 1. The van der Waals surface area contributed by atoms with Gasteiger partial charge < -0.3 is 19.5 Å². The quantitative estimate of drug-likeness (QED) is 0.459. The van der Waals surface area contributed by atoms with Gasteiger partial charge in [0.1, 0.15) is 0 Å². The summed E-state index contributed by atoms with van der Waals surface area (Å²) in [6, 6.07) is 10.8. The molecular weight excluding hydrogens is 460 g/mol. The normalized spacial score (nSPS) is 19.1. The van der Waals surface area contributed by atoms with Crippen LogP contribution in [0.15, 0.2) is 36.5 Å². The zero-order valence-corrected chi connectivity index (χ0v) is 21.0. The Hall–Kier alpha value is -3.01. The van der Waals surface area contributed by atoms with Gasteiger partial charge in [-0.15, -0.1) is 11.3 Å². The third kappa shape index (κ3) is 4.28. The molecule has 0 spiro atoms. The predicted molar refractivity (Wildman–Crippen MR) is 140 cm³/mol. The van der Waals surface area contributed by atoms with Gasteiger partial charge in [-0.1, -0.05) is 12.1 Å². The highest BCUT2D eigenvalue weighted by Gasteiger charge is 2.28. The van der Waals surface area contributed by atoms with Crippen LogP contribution in [0.1, 0.15) is 18.2 Å². The summed E-state index contributed by atoms with van der Waals surface area (Å²) < 4.78 is 6.76. The number of ether oxygens (including phenoxy) is 1. The molecule has 6 rings (SSSR count). The number of benzene rings is 1. The number of morpholine rings is 1. The molecular formula is C26H30N6O2S. The van der Waals surface area contributed by atoms with E-state index < -0.39 is 0 Å². The molecule has 35 heavy (non-hydrogen) atoms. The fraction of sp³-hybridized carbons (Fsp3) is 0.423. The molecule has 0 radical (unpaired) electrons. The van der Waals surface area contributed by atoms with E-state index >= 15 is 0 Å². The lowest BCUT2D eigenvalue weighted by Crippen LogP contribution is -2.37. The molecule has 1 aromatic carbocycles. The number of aromatic nitrogens is 3. The van der Waals surface area contributed by atoms with Crippen LogP contribution in [0.5, 0.6) is 0 Å². The molecule has 1 unspecified atom stereocenters. The first-order chi connectivity index (χ1) is 17.1. The molecule has 1 atom stereocenters. The van der Waals surface area contributed by atoms with Gasteiger partial charge in [-0.05, 0) is 24.6 Å². The summed E-state index contributed by atoms with van der Waals surface area (Å²) in [6.07, 6.45) is 2.98. The average Bonchev–Trinajstić information content (AvgIpc) is 3.62. The summed E-state index contributed by atoms with van der Waals surface area (Å²) in [5.41, 5.74) is 3.13. The molecule has 2 fully saturated rings. The largest absolute Gasteiger partial charge is 0.378 e. The van der Waals surface area contributed by atoms with Crippen LogP contribution in [-0.4, -0.2) is 83.1 Å². The number of hydrogen-bond acceptors (Lipinski definition) is 7. The summed E-state index contributed by atoms with van der Waals surface area (Å²) >= 11 is 1.79. The summed E-state index contributed by atoms with van der Waals surface area (Å²) in [7, 11) is 1.91. The van der Waals surface area contributed by atoms with E-state index in [0.717, 1.165) is 77.5 Å². The maximum atomic E-state index is 11.8. The zero-order chi connectivity index (χ0) is 23.9. The SMILES string of the molecule is CC(=O)N(C)C1CCN(Cc2cc3nc(-c4cccc5[nH]ccc45)nc(N4CCOCC4)c3s2)C1. The van der Waals surface area contributed by atoms with Crippen molar-refractivity contribution in [3.63, 3.8) is 0 Å². The van der Waals surface area contributed by atoms with Gasteiger partial charge in [0.15, 0.2) is 11.6 Å². The van der Waals surface area contributed by atoms with Gasteiger partial charge in [-0.2, -0.15) is 0 Å². The number of likely N-dealkylation sites (tertiary alicyclic amines) is 1. The van der Waals surface area contributed by atoms with Crippen LogP contribution in [0.4, 0.5) is 5.82 Å². The molecule has 9 heteroatoms. The standard InChI is InChI=1S/C26H30N6O2S/c1-17(33)30(2)18-7-9-31(15-18)16-19-14-23-24(35-19)26(32-10-12-34-13-11-32)29-25(28-23)21-4-3-5-22-20(21)6-8-27-22/h3-6,8,14,18,27H,7,9-13,15-16H2,1-2H3. The lowest BCUT2D eigenvalue weighted by atomic mass is 10.1. The van der Waals surface area contributed by atoms with Crippen molar-refractivity contribution < 1.29 is 9.53 Å². The Kier molecular flexibility index (Phi) is 5.91. The molecule has 2 saturated heterocycles. The highest BCUT2D eigenvalue weighted by molar-refractivity contribution is 7.19. The Bertz CT molecular complexity index is 1370. The first-order valence-electron chi connectivity index (χ1n) is 12.2. The maximum Gasteiger partial charge on any atom is 0.219 e. The summed E-state index contributed by atoms with van der Waals surface area (Å²) in [5, 5.41) is 1.13. The van der Waals surface area contributed by atoms with E-state index in [2.05, 4.69) is 45.1 Å². The molecule has 0 bridgehead atoms. The van der Waals surface area contributed by atoms with Gasteiger partial charge in [-0.3, -0.25) is 9.69 Å². The van der Waals surface area contributed by atoms with Gasteiger partial charge in [0.25, 0.3) is 0 Å². The minimum Gasteiger partial charge on any atom is -0.378 e. The number of thiophene rings is 1. The molecule has 4 aromatic rings. The van der Waals surface area contributed by atoms with E-state index in [0.29, 0.717) is 19.3 Å². The first kappa shape index (κ1) is 22.5. The number of hydrogen-bond donors (Lipinski definition) is 1. The molecule has 0 aliphatic carbocycles. The Balaban J connectivity index is 1.36.